The quantitative estimate of drug-likeness (QED) is 0.337. The summed E-state index contributed by atoms with van der Waals surface area (Å²) in [5, 5.41) is 2.27. The highest BCUT2D eigenvalue weighted by Gasteiger charge is 2.37. The molecule has 1 N–H and O–H groups in total. The second-order valence-electron chi connectivity index (χ2n) is 7.50. The van der Waals surface area contributed by atoms with E-state index in [1.54, 1.807) is 24.3 Å². The van der Waals surface area contributed by atoms with Gasteiger partial charge >= 0.3 is 6.03 Å². The summed E-state index contributed by atoms with van der Waals surface area (Å²) < 4.78 is 3.78. The Morgan fingerprint density at radius 2 is 1.41 bits per heavy atom. The number of carbonyl (C=O) groups excluding carboxylic acids is 3. The number of benzene rings is 2. The van der Waals surface area contributed by atoms with E-state index < -0.39 is 17.8 Å². The van der Waals surface area contributed by atoms with Crippen LogP contribution in [0.2, 0.25) is 0 Å². The van der Waals surface area contributed by atoms with Gasteiger partial charge in [-0.1, -0.05) is 33.6 Å². The molecule has 4 rings (SSSR count). The minimum Gasteiger partial charge on any atom is -0.317 e. The lowest BCUT2D eigenvalue weighted by molar-refractivity contribution is -0.122. The van der Waals surface area contributed by atoms with E-state index >= 15 is 0 Å². The van der Waals surface area contributed by atoms with E-state index in [1.807, 2.05) is 49.6 Å². The number of nitrogens with one attached hydrogen (secondary N) is 1. The molecule has 0 unspecified atom stereocenters. The van der Waals surface area contributed by atoms with E-state index in [9.17, 15) is 14.4 Å². The van der Waals surface area contributed by atoms with Crippen LogP contribution >= 0.6 is 31.9 Å². The first-order valence-electron chi connectivity index (χ1n) is 9.80. The summed E-state index contributed by atoms with van der Waals surface area (Å²) >= 11 is 7.06. The topological polar surface area (TPSA) is 71.4 Å². The molecule has 4 amide bonds. The van der Waals surface area contributed by atoms with Crippen molar-refractivity contribution < 1.29 is 14.4 Å². The van der Waals surface area contributed by atoms with Crippen molar-refractivity contribution in [3.63, 3.8) is 0 Å². The normalized spacial score (nSPS) is 15.5. The molecule has 8 heteroatoms. The largest absolute Gasteiger partial charge is 0.335 e. The van der Waals surface area contributed by atoms with Crippen LogP contribution in [0.15, 0.2) is 63.0 Å². The SMILES string of the molecule is Cc1ccc(N2C(=O)NC(=O)/C(=C\c3c(Br)c(C)n(-c4ccc(Br)cc4)c3C)C2=O)cc1. The van der Waals surface area contributed by atoms with Crippen LogP contribution in [0.5, 0.6) is 0 Å². The van der Waals surface area contributed by atoms with E-state index in [1.165, 1.54) is 6.08 Å². The lowest BCUT2D eigenvalue weighted by Gasteiger charge is -2.26. The first-order valence-corrected chi connectivity index (χ1v) is 11.4. The minimum atomic E-state index is -0.764. The number of carbonyl (C=O) groups is 3. The fourth-order valence-corrected chi connectivity index (χ4v) is 4.54. The second kappa shape index (κ2) is 8.52. The number of imide groups is 2. The van der Waals surface area contributed by atoms with E-state index in [0.29, 0.717) is 11.3 Å². The van der Waals surface area contributed by atoms with Crippen LogP contribution in [0.1, 0.15) is 22.5 Å². The Labute approximate surface area is 202 Å². The molecular formula is C24H19Br2N3O3. The van der Waals surface area contributed by atoms with E-state index in [2.05, 4.69) is 37.2 Å². The molecule has 1 aliphatic rings. The number of halogens is 2. The Morgan fingerprint density at radius 1 is 0.812 bits per heavy atom. The minimum absolute atomic E-state index is 0.109. The number of rotatable bonds is 3. The molecule has 162 valence electrons. The number of urea groups is 1. The molecule has 0 saturated carbocycles. The second-order valence-corrected chi connectivity index (χ2v) is 9.21. The summed E-state index contributed by atoms with van der Waals surface area (Å²) in [4.78, 5) is 39.2. The summed E-state index contributed by atoms with van der Waals surface area (Å²) in [5.74, 6) is -1.38. The third-order valence-corrected chi connectivity index (χ3v) is 6.91. The molecule has 2 aromatic carbocycles. The third kappa shape index (κ3) is 3.84. The van der Waals surface area contributed by atoms with Gasteiger partial charge in [0.15, 0.2) is 0 Å². The van der Waals surface area contributed by atoms with Crippen LogP contribution in [0, 0.1) is 20.8 Å². The predicted molar refractivity (Wildman–Crippen MR) is 131 cm³/mol. The molecular weight excluding hydrogens is 538 g/mol. The van der Waals surface area contributed by atoms with Crippen molar-refractivity contribution >= 4 is 61.5 Å². The number of hydrogen-bond acceptors (Lipinski definition) is 3. The molecule has 1 saturated heterocycles. The fourth-order valence-electron chi connectivity index (χ4n) is 3.70. The zero-order chi connectivity index (χ0) is 23.2. The molecule has 0 spiro atoms. The Bertz CT molecular complexity index is 1290. The fraction of sp³-hybridized carbons (Fsp3) is 0.125. The molecule has 6 nitrogen and oxygen atoms in total. The number of nitrogens with zero attached hydrogens (tertiary/aromatic N) is 2. The van der Waals surface area contributed by atoms with Crippen LogP contribution in [-0.2, 0) is 9.59 Å². The van der Waals surface area contributed by atoms with Gasteiger partial charge in [-0.25, -0.2) is 9.69 Å². The van der Waals surface area contributed by atoms with Crippen molar-refractivity contribution in [3.8, 4) is 5.69 Å². The number of aromatic nitrogens is 1. The molecule has 0 radical (unpaired) electrons. The summed E-state index contributed by atoms with van der Waals surface area (Å²) in [7, 11) is 0. The Kier molecular flexibility index (Phi) is 5.92. The zero-order valence-electron chi connectivity index (χ0n) is 17.6. The Morgan fingerprint density at radius 3 is 2.03 bits per heavy atom. The summed E-state index contributed by atoms with van der Waals surface area (Å²) in [6, 6.07) is 14.0. The highest BCUT2D eigenvalue weighted by atomic mass is 79.9. The van der Waals surface area contributed by atoms with Crippen molar-refractivity contribution in [2.75, 3.05) is 4.90 Å². The van der Waals surface area contributed by atoms with Gasteiger partial charge in [0.2, 0.25) is 0 Å². The van der Waals surface area contributed by atoms with Gasteiger partial charge in [0.25, 0.3) is 11.8 Å². The Balaban J connectivity index is 1.80. The molecule has 0 bridgehead atoms. The standard InChI is InChI=1S/C24H19Br2N3O3/c1-13-4-8-18(9-5-13)29-23(31)20(22(30)27-24(29)32)12-19-14(2)28(15(3)21(19)26)17-10-6-16(25)7-11-17/h4-12H,1-3H3,(H,27,30,32)/b20-12+. The smallest absolute Gasteiger partial charge is 0.317 e. The van der Waals surface area contributed by atoms with Crippen LogP contribution in [0.25, 0.3) is 11.8 Å². The number of aryl methyl sites for hydroxylation is 1. The van der Waals surface area contributed by atoms with Gasteiger partial charge in [0.05, 0.1) is 5.69 Å². The monoisotopic (exact) mass is 555 g/mol. The van der Waals surface area contributed by atoms with Gasteiger partial charge < -0.3 is 4.57 Å². The lowest BCUT2D eigenvalue weighted by atomic mass is 10.1. The Hall–Kier alpha value is -2.97. The van der Waals surface area contributed by atoms with Gasteiger partial charge in [-0.3, -0.25) is 14.9 Å². The first-order chi connectivity index (χ1) is 15.2. The maximum Gasteiger partial charge on any atom is 0.335 e. The van der Waals surface area contributed by atoms with Crippen molar-refractivity contribution in [1.82, 2.24) is 9.88 Å². The van der Waals surface area contributed by atoms with Crippen LogP contribution in [0.3, 0.4) is 0 Å². The van der Waals surface area contributed by atoms with Gasteiger partial charge in [-0.15, -0.1) is 0 Å². The highest BCUT2D eigenvalue weighted by Crippen LogP contribution is 2.33. The summed E-state index contributed by atoms with van der Waals surface area (Å²) in [5.41, 5.74) is 4.70. The van der Waals surface area contributed by atoms with Crippen LogP contribution in [0.4, 0.5) is 10.5 Å². The highest BCUT2D eigenvalue weighted by molar-refractivity contribution is 9.10. The zero-order valence-corrected chi connectivity index (χ0v) is 20.7. The van der Waals surface area contributed by atoms with Gasteiger partial charge in [0.1, 0.15) is 5.57 Å². The maximum atomic E-state index is 13.2. The van der Waals surface area contributed by atoms with Crippen molar-refractivity contribution in [1.29, 1.82) is 0 Å². The lowest BCUT2D eigenvalue weighted by Crippen LogP contribution is -2.54. The molecule has 3 aromatic rings. The molecule has 1 fully saturated rings. The average Bonchev–Trinajstić information content (AvgIpc) is 2.96. The van der Waals surface area contributed by atoms with Crippen LogP contribution < -0.4 is 10.2 Å². The number of anilines is 1. The van der Waals surface area contributed by atoms with Gasteiger partial charge in [-0.2, -0.15) is 0 Å². The van der Waals surface area contributed by atoms with E-state index in [0.717, 1.165) is 36.5 Å². The van der Waals surface area contributed by atoms with Crippen LogP contribution in [-0.4, -0.2) is 22.4 Å². The molecule has 1 aromatic heterocycles. The van der Waals surface area contributed by atoms with Gasteiger partial charge in [0, 0.05) is 31.6 Å². The molecule has 0 atom stereocenters. The molecule has 1 aliphatic heterocycles. The predicted octanol–water partition coefficient (Wildman–Crippen LogP) is 5.59. The number of hydrogen-bond donors (Lipinski definition) is 1. The summed E-state index contributed by atoms with van der Waals surface area (Å²) in [6.45, 7) is 5.78. The van der Waals surface area contributed by atoms with Crippen molar-refractivity contribution in [2.45, 2.75) is 20.8 Å². The number of barbiturate groups is 1. The van der Waals surface area contributed by atoms with E-state index in [-0.39, 0.29) is 5.57 Å². The van der Waals surface area contributed by atoms with Crippen molar-refractivity contribution in [2.24, 2.45) is 0 Å². The molecule has 32 heavy (non-hydrogen) atoms. The summed E-state index contributed by atoms with van der Waals surface area (Å²) in [6.07, 6.45) is 1.53. The maximum absolute atomic E-state index is 13.2. The molecule has 2 heterocycles. The first kappa shape index (κ1) is 22.2. The third-order valence-electron chi connectivity index (χ3n) is 5.38. The average molecular weight is 557 g/mol. The van der Waals surface area contributed by atoms with E-state index in [4.69, 9.17) is 0 Å². The number of amides is 4. The molecule has 0 aliphatic carbocycles. The van der Waals surface area contributed by atoms with Crippen molar-refractivity contribution in [3.05, 3.63) is 85.6 Å². The van der Waals surface area contributed by atoms with Gasteiger partial charge in [-0.05, 0) is 79.2 Å².